The molecule has 1 N–H and O–H groups in total. The van der Waals surface area contributed by atoms with Gasteiger partial charge in [-0.3, -0.25) is 0 Å². The van der Waals surface area contributed by atoms with Gasteiger partial charge in [0.25, 0.3) is 6.01 Å². The van der Waals surface area contributed by atoms with E-state index in [-0.39, 0.29) is 17.7 Å². The number of rotatable bonds is 3. The standard InChI is InChI=1S/C16H13IN2O2/c1-10(11-5-3-2-4-6-11)18-16-19-14-8-7-12(17)9-13(14)15(20)21-16/h2-10H,1H3,(H,18,19)/t10-/m0/s1. The molecule has 0 spiro atoms. The highest BCUT2D eigenvalue weighted by molar-refractivity contribution is 14.1. The molecule has 1 atom stereocenters. The molecule has 1 aromatic heterocycles. The molecule has 0 amide bonds. The molecule has 5 heteroatoms. The van der Waals surface area contributed by atoms with E-state index in [2.05, 4.69) is 32.9 Å². The summed E-state index contributed by atoms with van der Waals surface area (Å²) in [5, 5.41) is 3.63. The molecule has 0 saturated heterocycles. The van der Waals surface area contributed by atoms with Crippen LogP contribution in [0.5, 0.6) is 0 Å². The van der Waals surface area contributed by atoms with Gasteiger partial charge in [0.1, 0.15) is 0 Å². The molecule has 2 aromatic carbocycles. The molecule has 0 aliphatic carbocycles. The number of benzene rings is 2. The van der Waals surface area contributed by atoms with Crippen molar-refractivity contribution in [1.82, 2.24) is 4.98 Å². The first kappa shape index (κ1) is 14.1. The van der Waals surface area contributed by atoms with Crippen LogP contribution in [0.4, 0.5) is 6.01 Å². The average Bonchev–Trinajstić information content (AvgIpc) is 2.49. The van der Waals surface area contributed by atoms with Crippen molar-refractivity contribution in [3.63, 3.8) is 0 Å². The zero-order valence-corrected chi connectivity index (χ0v) is 13.5. The molecule has 0 aliphatic heterocycles. The third-order valence-electron chi connectivity index (χ3n) is 3.23. The van der Waals surface area contributed by atoms with Crippen molar-refractivity contribution >= 4 is 39.5 Å². The van der Waals surface area contributed by atoms with Crippen LogP contribution in [0.15, 0.2) is 57.7 Å². The monoisotopic (exact) mass is 392 g/mol. The van der Waals surface area contributed by atoms with Gasteiger partial charge in [0.05, 0.1) is 16.9 Å². The summed E-state index contributed by atoms with van der Waals surface area (Å²) in [5.41, 5.74) is 1.36. The minimum absolute atomic E-state index is 0.00292. The van der Waals surface area contributed by atoms with Gasteiger partial charge in [-0.25, -0.2) is 4.79 Å². The third-order valence-corrected chi connectivity index (χ3v) is 3.90. The maximum absolute atomic E-state index is 12.0. The lowest BCUT2D eigenvalue weighted by molar-refractivity contribution is 0.510. The van der Waals surface area contributed by atoms with Gasteiger partial charge in [-0.1, -0.05) is 30.3 Å². The Morgan fingerprint density at radius 2 is 1.95 bits per heavy atom. The lowest BCUT2D eigenvalue weighted by Crippen LogP contribution is -2.11. The smallest absolute Gasteiger partial charge is 0.348 e. The van der Waals surface area contributed by atoms with E-state index in [9.17, 15) is 4.79 Å². The Kier molecular flexibility index (Phi) is 3.92. The highest BCUT2D eigenvalue weighted by Crippen LogP contribution is 2.19. The number of hydrogen-bond acceptors (Lipinski definition) is 4. The second-order valence-corrected chi connectivity index (χ2v) is 5.99. The number of nitrogens with one attached hydrogen (secondary N) is 1. The van der Waals surface area contributed by atoms with Gasteiger partial charge in [0.2, 0.25) is 0 Å². The zero-order valence-electron chi connectivity index (χ0n) is 11.3. The van der Waals surface area contributed by atoms with E-state index >= 15 is 0 Å². The van der Waals surface area contributed by atoms with Crippen LogP contribution in [0.25, 0.3) is 10.9 Å². The van der Waals surface area contributed by atoms with Crippen LogP contribution >= 0.6 is 22.6 Å². The van der Waals surface area contributed by atoms with Crippen molar-refractivity contribution in [2.24, 2.45) is 0 Å². The molecule has 1 heterocycles. The Labute approximate surface area is 135 Å². The van der Waals surface area contributed by atoms with Crippen LogP contribution in [0, 0.1) is 3.57 Å². The van der Waals surface area contributed by atoms with Gasteiger partial charge in [-0.05, 0) is 53.3 Å². The molecule has 21 heavy (non-hydrogen) atoms. The van der Waals surface area contributed by atoms with E-state index < -0.39 is 0 Å². The summed E-state index contributed by atoms with van der Waals surface area (Å²) in [6.45, 7) is 2.00. The molecule has 3 aromatic rings. The van der Waals surface area contributed by atoms with Crippen LogP contribution < -0.4 is 10.9 Å². The van der Waals surface area contributed by atoms with Crippen molar-refractivity contribution in [1.29, 1.82) is 0 Å². The molecule has 0 saturated carbocycles. The molecule has 0 bridgehead atoms. The molecule has 0 fully saturated rings. The molecule has 0 radical (unpaired) electrons. The minimum Gasteiger partial charge on any atom is -0.389 e. The van der Waals surface area contributed by atoms with Crippen molar-refractivity contribution < 1.29 is 4.42 Å². The van der Waals surface area contributed by atoms with Crippen LogP contribution in [-0.2, 0) is 0 Å². The van der Waals surface area contributed by atoms with Crippen LogP contribution in [0.1, 0.15) is 18.5 Å². The SMILES string of the molecule is C[C@H](Nc1nc2ccc(I)cc2c(=O)o1)c1ccccc1. The van der Waals surface area contributed by atoms with Gasteiger partial charge in [-0.2, -0.15) is 4.98 Å². The van der Waals surface area contributed by atoms with Gasteiger partial charge >= 0.3 is 5.63 Å². The van der Waals surface area contributed by atoms with Gasteiger partial charge in [0, 0.05) is 3.57 Å². The Hall–Kier alpha value is -1.89. The van der Waals surface area contributed by atoms with E-state index in [1.165, 1.54) is 0 Å². The number of anilines is 1. The summed E-state index contributed by atoms with van der Waals surface area (Å²) < 4.78 is 6.24. The zero-order chi connectivity index (χ0) is 14.8. The quantitative estimate of drug-likeness (QED) is 0.686. The second-order valence-electron chi connectivity index (χ2n) is 4.74. The van der Waals surface area contributed by atoms with E-state index in [0.29, 0.717) is 10.9 Å². The number of hydrogen-bond donors (Lipinski definition) is 1. The number of halogens is 1. The normalized spacial score (nSPS) is 12.3. The minimum atomic E-state index is -0.374. The van der Waals surface area contributed by atoms with Gasteiger partial charge in [0.15, 0.2) is 0 Å². The van der Waals surface area contributed by atoms with Crippen molar-refractivity contribution in [2.75, 3.05) is 5.32 Å². The average molecular weight is 392 g/mol. The first-order valence-corrected chi connectivity index (χ1v) is 7.63. The number of fused-ring (bicyclic) bond motifs is 1. The maximum Gasteiger partial charge on any atom is 0.348 e. The van der Waals surface area contributed by atoms with E-state index in [1.54, 1.807) is 6.07 Å². The largest absolute Gasteiger partial charge is 0.389 e. The number of aromatic nitrogens is 1. The Bertz CT molecular complexity index is 831. The first-order chi connectivity index (χ1) is 10.1. The highest BCUT2D eigenvalue weighted by Gasteiger charge is 2.10. The summed E-state index contributed by atoms with van der Waals surface area (Å²) in [5.74, 6) is 0. The predicted octanol–water partition coefficient (Wildman–Crippen LogP) is 3.97. The number of nitrogens with zero attached hydrogens (tertiary/aromatic N) is 1. The van der Waals surface area contributed by atoms with E-state index in [0.717, 1.165) is 9.13 Å². The Balaban J connectivity index is 1.95. The molecule has 4 nitrogen and oxygen atoms in total. The third kappa shape index (κ3) is 3.07. The van der Waals surface area contributed by atoms with E-state index in [1.807, 2.05) is 49.4 Å². The van der Waals surface area contributed by atoms with Crippen molar-refractivity contribution in [3.8, 4) is 0 Å². The molecule has 3 rings (SSSR count). The van der Waals surface area contributed by atoms with Crippen LogP contribution in [-0.4, -0.2) is 4.98 Å². The maximum atomic E-state index is 12.0. The fraction of sp³-hybridized carbons (Fsp3) is 0.125. The van der Waals surface area contributed by atoms with Crippen molar-refractivity contribution in [3.05, 3.63) is 68.1 Å². The molecular weight excluding hydrogens is 379 g/mol. The Morgan fingerprint density at radius 1 is 1.19 bits per heavy atom. The topological polar surface area (TPSA) is 55.1 Å². The second kappa shape index (κ2) is 5.85. The predicted molar refractivity (Wildman–Crippen MR) is 91.5 cm³/mol. The van der Waals surface area contributed by atoms with E-state index in [4.69, 9.17) is 4.42 Å². The van der Waals surface area contributed by atoms with Crippen LogP contribution in [0.3, 0.4) is 0 Å². The molecule has 0 unspecified atom stereocenters. The van der Waals surface area contributed by atoms with Crippen LogP contribution in [0.2, 0.25) is 0 Å². The Morgan fingerprint density at radius 3 is 2.71 bits per heavy atom. The summed E-state index contributed by atoms with van der Waals surface area (Å²) in [4.78, 5) is 16.4. The summed E-state index contributed by atoms with van der Waals surface area (Å²) >= 11 is 2.16. The molecule has 106 valence electrons. The fourth-order valence-electron chi connectivity index (χ4n) is 2.12. The van der Waals surface area contributed by atoms with Gasteiger partial charge < -0.3 is 9.73 Å². The summed E-state index contributed by atoms with van der Waals surface area (Å²) in [6.07, 6.45) is 0. The lowest BCUT2D eigenvalue weighted by atomic mass is 10.1. The van der Waals surface area contributed by atoms with Gasteiger partial charge in [-0.15, -0.1) is 0 Å². The summed E-state index contributed by atoms with van der Waals surface area (Å²) in [6, 6.07) is 15.7. The first-order valence-electron chi connectivity index (χ1n) is 6.55. The highest BCUT2D eigenvalue weighted by atomic mass is 127. The van der Waals surface area contributed by atoms with Crippen molar-refractivity contribution in [2.45, 2.75) is 13.0 Å². The lowest BCUT2D eigenvalue weighted by Gasteiger charge is -2.13. The fourth-order valence-corrected chi connectivity index (χ4v) is 2.61. The molecule has 0 aliphatic rings. The molecular formula is C16H13IN2O2. The summed E-state index contributed by atoms with van der Waals surface area (Å²) in [7, 11) is 0.